The third kappa shape index (κ3) is 6.34. The summed E-state index contributed by atoms with van der Waals surface area (Å²) in [7, 11) is -1.17. The van der Waals surface area contributed by atoms with Crippen LogP contribution >= 0.6 is 22.6 Å². The van der Waals surface area contributed by atoms with E-state index < -0.39 is 13.7 Å². The van der Waals surface area contributed by atoms with Gasteiger partial charge in [0.15, 0.2) is 0 Å². The van der Waals surface area contributed by atoms with Crippen LogP contribution in [0.1, 0.15) is 11.5 Å². The van der Waals surface area contributed by atoms with Gasteiger partial charge in [0, 0.05) is 27.3 Å². The molecule has 0 saturated heterocycles. The highest BCUT2D eigenvalue weighted by Crippen LogP contribution is 2.37. The summed E-state index contributed by atoms with van der Waals surface area (Å²) < 4.78 is 6.92. The summed E-state index contributed by atoms with van der Waals surface area (Å²) in [6.45, 7) is 8.60. The molecule has 1 aliphatic heterocycles. The van der Waals surface area contributed by atoms with Gasteiger partial charge in [0.1, 0.15) is 15.8 Å². The number of halogens is 1. The Morgan fingerprint density at radius 1 is 1.10 bits per heavy atom. The highest BCUT2D eigenvalue weighted by Gasteiger charge is 2.43. The Kier molecular flexibility index (Phi) is 7.41. The predicted octanol–water partition coefficient (Wildman–Crippen LogP) is 5.16. The zero-order valence-corrected chi connectivity index (χ0v) is 20.1. The van der Waals surface area contributed by atoms with Crippen molar-refractivity contribution in [2.45, 2.75) is 37.3 Å². The Balaban J connectivity index is 1.78. The SMILES string of the molecule is C[Si](C)(C)CCOCC1(C(CNc2cc(I)ncn2)c2ccccc2)N=NN=N1. The molecule has 1 aromatic carbocycles. The topological polar surface area (TPSA) is 96.5 Å². The lowest BCUT2D eigenvalue weighted by Gasteiger charge is -2.30. The fourth-order valence-electron chi connectivity index (χ4n) is 2.98. The number of rotatable bonds is 10. The summed E-state index contributed by atoms with van der Waals surface area (Å²) in [6, 6.07) is 13.2. The van der Waals surface area contributed by atoms with E-state index in [1.54, 1.807) is 6.33 Å². The Bertz CT molecular complexity index is 845. The monoisotopic (exact) mass is 523 g/mol. The third-order valence-corrected chi connectivity index (χ3v) is 6.96. The van der Waals surface area contributed by atoms with E-state index in [1.165, 1.54) is 0 Å². The summed E-state index contributed by atoms with van der Waals surface area (Å²) in [4.78, 5) is 8.43. The standard InChI is InChI=1S/C19H26IN7OSi/c1-29(2,3)10-9-28-13-19(24-26-27-25-19)16(15-7-5-4-6-8-15)12-21-18-11-17(20)22-14-23-18/h4-8,11,14,16H,9-10,12-13H2,1-3H3,(H,21,22,23). The van der Waals surface area contributed by atoms with Crippen molar-refractivity contribution in [2.75, 3.05) is 25.1 Å². The molecule has 2 heterocycles. The van der Waals surface area contributed by atoms with Crippen molar-refractivity contribution in [1.29, 1.82) is 0 Å². The van der Waals surface area contributed by atoms with Crippen LogP contribution in [-0.2, 0) is 4.74 Å². The van der Waals surface area contributed by atoms with E-state index in [0.717, 1.165) is 21.1 Å². The van der Waals surface area contributed by atoms with Gasteiger partial charge in [-0.3, -0.25) is 0 Å². The van der Waals surface area contributed by atoms with Crippen molar-refractivity contribution in [3.8, 4) is 0 Å². The van der Waals surface area contributed by atoms with E-state index in [4.69, 9.17) is 4.74 Å². The Labute approximate surface area is 185 Å². The zero-order valence-electron chi connectivity index (χ0n) is 16.9. The summed E-state index contributed by atoms with van der Waals surface area (Å²) in [5.41, 5.74) is 0.214. The molecule has 154 valence electrons. The van der Waals surface area contributed by atoms with Crippen LogP contribution in [0.25, 0.3) is 0 Å². The van der Waals surface area contributed by atoms with E-state index in [9.17, 15) is 0 Å². The van der Waals surface area contributed by atoms with E-state index in [0.29, 0.717) is 19.8 Å². The minimum absolute atomic E-state index is 0.113. The second kappa shape index (κ2) is 9.81. The second-order valence-electron chi connectivity index (χ2n) is 8.19. The van der Waals surface area contributed by atoms with Crippen molar-refractivity contribution in [3.63, 3.8) is 0 Å². The molecular weight excluding hydrogens is 497 g/mol. The summed E-state index contributed by atoms with van der Waals surface area (Å²) >= 11 is 2.17. The first-order valence-corrected chi connectivity index (χ1v) is 14.3. The number of hydrogen-bond acceptors (Lipinski definition) is 8. The molecule has 1 aliphatic rings. The molecule has 0 spiro atoms. The van der Waals surface area contributed by atoms with Gasteiger partial charge in [0.05, 0.1) is 12.5 Å². The molecule has 1 N–H and O–H groups in total. The van der Waals surface area contributed by atoms with E-state index >= 15 is 0 Å². The quantitative estimate of drug-likeness (QED) is 0.201. The van der Waals surface area contributed by atoms with Crippen molar-refractivity contribution in [2.24, 2.45) is 20.7 Å². The average molecular weight is 523 g/mol. The zero-order chi connectivity index (χ0) is 20.7. The average Bonchev–Trinajstić information content (AvgIpc) is 3.15. The minimum atomic E-state index is -1.17. The molecule has 0 bridgehead atoms. The third-order valence-electron chi connectivity index (χ3n) is 4.67. The van der Waals surface area contributed by atoms with Gasteiger partial charge in [-0.2, -0.15) is 0 Å². The Morgan fingerprint density at radius 3 is 2.48 bits per heavy atom. The van der Waals surface area contributed by atoms with Crippen LogP contribution in [0.5, 0.6) is 0 Å². The lowest BCUT2D eigenvalue weighted by molar-refractivity contribution is 0.0860. The lowest BCUT2D eigenvalue weighted by atomic mass is 9.87. The van der Waals surface area contributed by atoms with Crippen molar-refractivity contribution in [3.05, 3.63) is 52.0 Å². The number of nitrogens with one attached hydrogen (secondary N) is 1. The van der Waals surface area contributed by atoms with Gasteiger partial charge in [-0.05, 0) is 44.6 Å². The Morgan fingerprint density at radius 2 is 1.83 bits per heavy atom. The van der Waals surface area contributed by atoms with E-state index in [2.05, 4.69) is 90.3 Å². The summed E-state index contributed by atoms with van der Waals surface area (Å²) in [6.07, 6.45) is 1.55. The van der Waals surface area contributed by atoms with Gasteiger partial charge in [-0.25, -0.2) is 9.97 Å². The maximum absolute atomic E-state index is 6.04. The molecule has 29 heavy (non-hydrogen) atoms. The number of benzene rings is 1. The van der Waals surface area contributed by atoms with E-state index in [-0.39, 0.29) is 5.92 Å². The van der Waals surface area contributed by atoms with Crippen LogP contribution in [0, 0.1) is 3.70 Å². The number of ether oxygens (including phenoxy) is 1. The van der Waals surface area contributed by atoms with Crippen molar-refractivity contribution < 1.29 is 4.74 Å². The normalized spacial score (nSPS) is 16.1. The number of anilines is 1. The molecule has 1 aromatic heterocycles. The van der Waals surface area contributed by atoms with Crippen LogP contribution in [0.4, 0.5) is 5.82 Å². The van der Waals surface area contributed by atoms with Gasteiger partial charge in [-0.1, -0.05) is 50.0 Å². The second-order valence-corrected chi connectivity index (χ2v) is 14.9. The molecule has 1 unspecified atom stereocenters. The van der Waals surface area contributed by atoms with Gasteiger partial charge in [-0.15, -0.1) is 10.2 Å². The molecule has 0 saturated carbocycles. The van der Waals surface area contributed by atoms with Crippen molar-refractivity contribution in [1.82, 2.24) is 9.97 Å². The maximum atomic E-state index is 6.04. The van der Waals surface area contributed by atoms with Crippen LogP contribution in [0.2, 0.25) is 25.7 Å². The fraction of sp³-hybridized carbons (Fsp3) is 0.474. The van der Waals surface area contributed by atoms with Crippen LogP contribution in [0.15, 0.2) is 63.4 Å². The number of nitrogens with zero attached hydrogens (tertiary/aromatic N) is 6. The minimum Gasteiger partial charge on any atom is -0.377 e. The van der Waals surface area contributed by atoms with Gasteiger partial charge in [0.25, 0.3) is 0 Å². The molecule has 8 nitrogen and oxygen atoms in total. The molecule has 0 aliphatic carbocycles. The summed E-state index contributed by atoms with van der Waals surface area (Å²) in [5, 5.41) is 19.9. The van der Waals surface area contributed by atoms with Gasteiger partial charge in [0.2, 0.25) is 5.66 Å². The fourth-order valence-corrected chi connectivity index (χ4v) is 4.16. The van der Waals surface area contributed by atoms with Crippen LogP contribution < -0.4 is 5.32 Å². The smallest absolute Gasteiger partial charge is 0.226 e. The molecule has 10 heteroatoms. The molecule has 3 rings (SSSR count). The molecular formula is C19H26IN7OSi. The van der Waals surface area contributed by atoms with Gasteiger partial charge >= 0.3 is 0 Å². The highest BCUT2D eigenvalue weighted by atomic mass is 127. The van der Waals surface area contributed by atoms with Crippen LogP contribution in [0.3, 0.4) is 0 Å². The van der Waals surface area contributed by atoms with E-state index in [1.807, 2.05) is 24.3 Å². The first-order valence-electron chi connectivity index (χ1n) is 9.56. The molecule has 1 atom stereocenters. The van der Waals surface area contributed by atoms with Crippen molar-refractivity contribution >= 4 is 36.5 Å². The van der Waals surface area contributed by atoms with Crippen LogP contribution in [-0.4, -0.2) is 43.5 Å². The number of hydrogen-bond donors (Lipinski definition) is 1. The molecule has 0 amide bonds. The first-order chi connectivity index (χ1) is 13.9. The van der Waals surface area contributed by atoms with Gasteiger partial charge < -0.3 is 10.1 Å². The lowest BCUT2D eigenvalue weighted by Crippen LogP contribution is -2.40. The molecule has 0 fully saturated rings. The summed E-state index contributed by atoms with van der Waals surface area (Å²) in [5.74, 6) is 0.644. The first kappa shape index (κ1) is 21.9. The maximum Gasteiger partial charge on any atom is 0.226 e. The Hall–Kier alpha value is -1.79. The molecule has 0 radical (unpaired) electrons. The highest BCUT2D eigenvalue weighted by molar-refractivity contribution is 14.1. The largest absolute Gasteiger partial charge is 0.377 e. The molecule has 2 aromatic rings. The number of aromatic nitrogens is 2. The predicted molar refractivity (Wildman–Crippen MR) is 124 cm³/mol.